The molecule has 0 aliphatic carbocycles. The summed E-state index contributed by atoms with van der Waals surface area (Å²) in [4.78, 5) is 22.3. The first kappa shape index (κ1) is 14.9. The largest absolute Gasteiger partial charge is 0.393 e. The van der Waals surface area contributed by atoms with Crippen LogP contribution in [0.3, 0.4) is 0 Å². The van der Waals surface area contributed by atoms with E-state index in [-0.39, 0.29) is 11.8 Å². The van der Waals surface area contributed by atoms with Crippen molar-refractivity contribution >= 4 is 11.8 Å². The third-order valence-electron chi connectivity index (χ3n) is 2.04. The zero-order valence-corrected chi connectivity index (χ0v) is 10.1. The summed E-state index contributed by atoms with van der Waals surface area (Å²) in [5.74, 6) is -0.165. The Morgan fingerprint density at radius 1 is 1.12 bits per heavy atom. The summed E-state index contributed by atoms with van der Waals surface area (Å²) in [5, 5.41) is 14.3. The van der Waals surface area contributed by atoms with E-state index in [2.05, 4.69) is 10.6 Å². The highest BCUT2D eigenvalue weighted by Gasteiger charge is 2.05. The molecular weight excluding hydrogens is 208 g/mol. The number of rotatable bonds is 8. The molecule has 5 nitrogen and oxygen atoms in total. The molecule has 0 saturated heterocycles. The van der Waals surface area contributed by atoms with Crippen LogP contribution in [0.4, 0.5) is 0 Å². The molecule has 3 N–H and O–H groups in total. The topological polar surface area (TPSA) is 78.4 Å². The van der Waals surface area contributed by atoms with Gasteiger partial charge >= 0.3 is 0 Å². The Labute approximate surface area is 96.6 Å². The summed E-state index contributed by atoms with van der Waals surface area (Å²) in [6.07, 6.45) is 1.51. The second-order valence-electron chi connectivity index (χ2n) is 3.84. The van der Waals surface area contributed by atoms with Crippen molar-refractivity contribution in [3.8, 4) is 0 Å². The van der Waals surface area contributed by atoms with Crippen LogP contribution in [0.5, 0.6) is 0 Å². The van der Waals surface area contributed by atoms with Gasteiger partial charge in [-0.25, -0.2) is 0 Å². The number of hydrogen-bond donors (Lipinski definition) is 3. The molecule has 1 unspecified atom stereocenters. The molecule has 0 radical (unpaired) electrons. The molecule has 0 spiro atoms. The van der Waals surface area contributed by atoms with Crippen molar-refractivity contribution in [1.29, 1.82) is 0 Å². The normalized spacial score (nSPS) is 11.9. The number of aliphatic hydroxyl groups is 1. The van der Waals surface area contributed by atoms with E-state index in [0.717, 1.165) is 6.42 Å². The number of hydrogen-bond acceptors (Lipinski definition) is 3. The average Bonchev–Trinajstić information content (AvgIpc) is 2.23. The fourth-order valence-corrected chi connectivity index (χ4v) is 1.10. The van der Waals surface area contributed by atoms with Gasteiger partial charge in [0.05, 0.1) is 6.10 Å². The highest BCUT2D eigenvalue weighted by Crippen LogP contribution is 1.94. The van der Waals surface area contributed by atoms with Crippen LogP contribution in [0.25, 0.3) is 0 Å². The summed E-state index contributed by atoms with van der Waals surface area (Å²) in [6.45, 7) is 4.66. The number of carbonyl (C=O) groups is 2. The summed E-state index contributed by atoms with van der Waals surface area (Å²) in [5.41, 5.74) is 0. The fourth-order valence-electron chi connectivity index (χ4n) is 1.10. The van der Waals surface area contributed by atoms with Gasteiger partial charge < -0.3 is 15.7 Å². The molecule has 16 heavy (non-hydrogen) atoms. The van der Waals surface area contributed by atoms with E-state index in [4.69, 9.17) is 5.11 Å². The van der Waals surface area contributed by atoms with Gasteiger partial charge in [-0.15, -0.1) is 0 Å². The summed E-state index contributed by atoms with van der Waals surface area (Å²) >= 11 is 0. The molecule has 0 heterocycles. The van der Waals surface area contributed by atoms with Crippen LogP contribution >= 0.6 is 0 Å². The van der Waals surface area contributed by atoms with E-state index in [0.29, 0.717) is 32.4 Å². The Kier molecular flexibility index (Phi) is 8.52. The van der Waals surface area contributed by atoms with Crippen LogP contribution in [0.2, 0.25) is 0 Å². The molecule has 0 bridgehead atoms. The Morgan fingerprint density at radius 2 is 1.69 bits per heavy atom. The maximum atomic E-state index is 11.2. The van der Waals surface area contributed by atoms with E-state index < -0.39 is 6.10 Å². The number of amides is 2. The van der Waals surface area contributed by atoms with E-state index >= 15 is 0 Å². The van der Waals surface area contributed by atoms with E-state index in [1.165, 1.54) is 0 Å². The minimum atomic E-state index is -0.460. The maximum Gasteiger partial charge on any atom is 0.221 e. The molecule has 0 saturated carbocycles. The molecule has 0 aliphatic rings. The van der Waals surface area contributed by atoms with Crippen LogP contribution in [0.15, 0.2) is 0 Å². The molecular formula is C11H22N2O3. The van der Waals surface area contributed by atoms with Gasteiger partial charge in [0.25, 0.3) is 0 Å². The van der Waals surface area contributed by atoms with Crippen molar-refractivity contribution in [3.63, 3.8) is 0 Å². The van der Waals surface area contributed by atoms with Gasteiger partial charge in [0.1, 0.15) is 0 Å². The van der Waals surface area contributed by atoms with E-state index in [9.17, 15) is 9.59 Å². The van der Waals surface area contributed by atoms with Gasteiger partial charge in [-0.05, 0) is 19.8 Å². The third kappa shape index (κ3) is 9.45. The quantitative estimate of drug-likeness (QED) is 0.556. The van der Waals surface area contributed by atoms with Crippen LogP contribution in [-0.2, 0) is 9.59 Å². The fraction of sp³-hybridized carbons (Fsp3) is 0.818. The molecule has 5 heteroatoms. The lowest BCUT2D eigenvalue weighted by atomic mass is 10.2. The predicted octanol–water partition coefficient (Wildman–Crippen LogP) is 0.180. The van der Waals surface area contributed by atoms with Crippen molar-refractivity contribution in [2.75, 3.05) is 13.1 Å². The third-order valence-corrected chi connectivity index (χ3v) is 2.04. The molecule has 0 aliphatic heterocycles. The Hall–Kier alpha value is -1.10. The van der Waals surface area contributed by atoms with Crippen molar-refractivity contribution in [2.45, 2.75) is 45.6 Å². The lowest BCUT2D eigenvalue weighted by Gasteiger charge is -2.06. The van der Waals surface area contributed by atoms with Gasteiger partial charge in [0, 0.05) is 25.9 Å². The molecule has 0 fully saturated rings. The average molecular weight is 230 g/mol. The van der Waals surface area contributed by atoms with Crippen LogP contribution in [0, 0.1) is 0 Å². The molecule has 0 aromatic rings. The van der Waals surface area contributed by atoms with Gasteiger partial charge in [0.15, 0.2) is 0 Å². The zero-order chi connectivity index (χ0) is 12.4. The van der Waals surface area contributed by atoms with Gasteiger partial charge in [-0.1, -0.05) is 6.92 Å². The standard InChI is InChI=1S/C11H22N2O3/c1-3-7-12-11(16)6-8-13-10(15)5-4-9(2)14/h9,14H,3-8H2,1-2H3,(H,12,16)(H,13,15). The molecule has 0 aromatic heterocycles. The highest BCUT2D eigenvalue weighted by atomic mass is 16.3. The summed E-state index contributed by atoms with van der Waals surface area (Å²) < 4.78 is 0. The molecule has 0 aromatic carbocycles. The van der Waals surface area contributed by atoms with E-state index in [1.807, 2.05) is 6.92 Å². The van der Waals surface area contributed by atoms with Gasteiger partial charge in [0.2, 0.25) is 11.8 Å². The van der Waals surface area contributed by atoms with Crippen molar-refractivity contribution < 1.29 is 14.7 Å². The lowest BCUT2D eigenvalue weighted by molar-refractivity contribution is -0.122. The van der Waals surface area contributed by atoms with Crippen molar-refractivity contribution in [1.82, 2.24) is 10.6 Å². The predicted molar refractivity (Wildman–Crippen MR) is 61.8 cm³/mol. The zero-order valence-electron chi connectivity index (χ0n) is 10.1. The van der Waals surface area contributed by atoms with Crippen LogP contribution in [0.1, 0.15) is 39.5 Å². The Balaban J connectivity index is 3.43. The monoisotopic (exact) mass is 230 g/mol. The van der Waals surface area contributed by atoms with Crippen molar-refractivity contribution in [3.05, 3.63) is 0 Å². The maximum absolute atomic E-state index is 11.2. The number of carbonyl (C=O) groups excluding carboxylic acids is 2. The van der Waals surface area contributed by atoms with Crippen LogP contribution < -0.4 is 10.6 Å². The van der Waals surface area contributed by atoms with Crippen LogP contribution in [-0.4, -0.2) is 36.1 Å². The summed E-state index contributed by atoms with van der Waals surface area (Å²) in [6, 6.07) is 0. The first-order valence-electron chi connectivity index (χ1n) is 5.77. The minimum absolute atomic E-state index is 0.0438. The molecule has 0 rings (SSSR count). The first-order chi connectivity index (χ1) is 7.56. The second-order valence-corrected chi connectivity index (χ2v) is 3.84. The molecule has 2 amide bonds. The highest BCUT2D eigenvalue weighted by molar-refractivity contribution is 5.78. The first-order valence-corrected chi connectivity index (χ1v) is 5.77. The summed E-state index contributed by atoms with van der Waals surface area (Å²) in [7, 11) is 0. The SMILES string of the molecule is CCCNC(=O)CCNC(=O)CCC(C)O. The van der Waals surface area contributed by atoms with Gasteiger partial charge in [-0.2, -0.15) is 0 Å². The van der Waals surface area contributed by atoms with Crippen molar-refractivity contribution in [2.24, 2.45) is 0 Å². The minimum Gasteiger partial charge on any atom is -0.393 e. The lowest BCUT2D eigenvalue weighted by Crippen LogP contribution is -2.31. The van der Waals surface area contributed by atoms with Gasteiger partial charge in [-0.3, -0.25) is 9.59 Å². The van der Waals surface area contributed by atoms with E-state index in [1.54, 1.807) is 6.92 Å². The molecule has 1 atom stereocenters. The smallest absolute Gasteiger partial charge is 0.221 e. The Morgan fingerprint density at radius 3 is 2.25 bits per heavy atom. The number of nitrogens with one attached hydrogen (secondary N) is 2. The molecule has 94 valence electrons. The number of aliphatic hydroxyl groups excluding tert-OH is 1. The Bertz CT molecular complexity index is 217. The second kappa shape index (κ2) is 9.15.